The van der Waals surface area contributed by atoms with E-state index in [1.807, 2.05) is 19.1 Å². The highest BCUT2D eigenvalue weighted by molar-refractivity contribution is 5.72. The molecule has 0 aromatic carbocycles. The fourth-order valence-corrected chi connectivity index (χ4v) is 6.48. The Bertz CT molecular complexity index is 866. The van der Waals surface area contributed by atoms with Crippen LogP contribution < -0.4 is 0 Å². The maximum absolute atomic E-state index is 13.2. The topological polar surface area (TPSA) is 82.1 Å². The number of esters is 3. The summed E-state index contributed by atoms with van der Waals surface area (Å²) in [4.78, 5) is 39.6. The Morgan fingerprint density at radius 3 is 1.49 bits per heavy atom. The average molecular weight is 748 g/mol. The van der Waals surface area contributed by atoms with E-state index in [4.69, 9.17) is 14.2 Å². The smallest absolute Gasteiger partial charge is 0.308 e. The van der Waals surface area contributed by atoms with E-state index < -0.39 is 0 Å². The number of nitrogens with zero attached hydrogens (tertiary/aromatic N) is 1. The number of rotatable bonds is 38. The van der Waals surface area contributed by atoms with E-state index in [1.165, 1.54) is 51.4 Å². The van der Waals surface area contributed by atoms with Crippen LogP contribution in [0.2, 0.25) is 0 Å². The minimum atomic E-state index is -0.107. The van der Waals surface area contributed by atoms with Crippen molar-refractivity contribution in [3.8, 4) is 0 Å². The number of hydrogen-bond acceptors (Lipinski definition) is 7. The number of allylic oxidation sites excluding steroid dienone is 2. The molecule has 0 aromatic heterocycles. The first-order valence-electron chi connectivity index (χ1n) is 22.2. The van der Waals surface area contributed by atoms with E-state index in [9.17, 15) is 14.4 Å². The second kappa shape index (κ2) is 38.1. The summed E-state index contributed by atoms with van der Waals surface area (Å²) >= 11 is 0. The highest BCUT2D eigenvalue weighted by Gasteiger charge is 2.22. The van der Waals surface area contributed by atoms with Crippen LogP contribution in [-0.4, -0.2) is 62.3 Å². The van der Waals surface area contributed by atoms with Gasteiger partial charge in [-0.25, -0.2) is 0 Å². The van der Waals surface area contributed by atoms with Crippen molar-refractivity contribution in [1.82, 2.24) is 4.90 Å². The number of hydrogen-bond donors (Lipinski definition) is 0. The molecular formula is C46H85NO6. The van der Waals surface area contributed by atoms with Gasteiger partial charge in [0.1, 0.15) is 19.3 Å². The lowest BCUT2D eigenvalue weighted by atomic mass is 9.94. The van der Waals surface area contributed by atoms with E-state index in [0.29, 0.717) is 32.0 Å². The Hall–Kier alpha value is -2.15. The summed E-state index contributed by atoms with van der Waals surface area (Å²) < 4.78 is 16.9. The summed E-state index contributed by atoms with van der Waals surface area (Å²) in [7, 11) is 2.14. The SMILES string of the molecule is CCCCCC/C=C\COC(=O)CCCCCCCC(CCCCCCCC(=O)OC/C=C\CCCCCC)OC(=O)C(C)CC(C)CCN(C)CC. The number of ether oxygens (including phenoxy) is 3. The van der Waals surface area contributed by atoms with Gasteiger partial charge in [-0.15, -0.1) is 0 Å². The first kappa shape index (κ1) is 50.9. The van der Waals surface area contributed by atoms with Crippen molar-refractivity contribution in [1.29, 1.82) is 0 Å². The highest BCUT2D eigenvalue weighted by atomic mass is 16.5. The second-order valence-corrected chi connectivity index (χ2v) is 15.6. The molecule has 0 radical (unpaired) electrons. The van der Waals surface area contributed by atoms with Crippen molar-refractivity contribution in [3.05, 3.63) is 24.3 Å². The monoisotopic (exact) mass is 748 g/mol. The van der Waals surface area contributed by atoms with Crippen LogP contribution in [0, 0.1) is 11.8 Å². The molecule has 0 aliphatic heterocycles. The van der Waals surface area contributed by atoms with Crippen LogP contribution in [0.4, 0.5) is 0 Å². The molecule has 53 heavy (non-hydrogen) atoms. The van der Waals surface area contributed by atoms with Gasteiger partial charge < -0.3 is 19.1 Å². The summed E-state index contributed by atoms with van der Waals surface area (Å²) in [6.45, 7) is 13.7. The number of carbonyl (C=O) groups is 3. The van der Waals surface area contributed by atoms with Crippen molar-refractivity contribution in [2.45, 2.75) is 208 Å². The standard InChI is InChI=1S/C46H85NO6/c1-7-10-12-14-16-24-30-38-51-44(48)34-28-22-18-20-26-32-43(53-46(50)42(5)40-41(4)36-37-47(6)9-3)33-27-21-19-23-29-35-45(49)52-39-31-25-17-15-13-11-8-2/h24-25,30-31,41-43H,7-23,26-29,32-40H2,1-6H3/b30-24-,31-25-. The molecule has 2 unspecified atom stereocenters. The number of carbonyl (C=O) groups excluding carboxylic acids is 3. The molecule has 0 amide bonds. The van der Waals surface area contributed by atoms with Gasteiger partial charge >= 0.3 is 17.9 Å². The molecule has 0 aliphatic carbocycles. The molecule has 310 valence electrons. The van der Waals surface area contributed by atoms with Gasteiger partial charge in [0.05, 0.1) is 5.92 Å². The molecule has 0 aliphatic rings. The largest absolute Gasteiger partial charge is 0.462 e. The Morgan fingerprint density at radius 2 is 1.02 bits per heavy atom. The van der Waals surface area contributed by atoms with Gasteiger partial charge in [0.25, 0.3) is 0 Å². The lowest BCUT2D eigenvalue weighted by Crippen LogP contribution is -2.25. The maximum atomic E-state index is 13.2. The minimum Gasteiger partial charge on any atom is -0.462 e. The summed E-state index contributed by atoms with van der Waals surface area (Å²) in [6, 6.07) is 0. The van der Waals surface area contributed by atoms with Gasteiger partial charge in [0, 0.05) is 12.8 Å². The molecule has 7 heteroatoms. The van der Waals surface area contributed by atoms with E-state index in [0.717, 1.165) is 116 Å². The van der Waals surface area contributed by atoms with Crippen LogP contribution in [0.25, 0.3) is 0 Å². The van der Waals surface area contributed by atoms with Crippen molar-refractivity contribution in [2.75, 3.05) is 33.4 Å². The maximum Gasteiger partial charge on any atom is 0.308 e. The molecule has 0 bridgehead atoms. The molecule has 2 atom stereocenters. The van der Waals surface area contributed by atoms with Gasteiger partial charge in [0.15, 0.2) is 0 Å². The summed E-state index contributed by atoms with van der Waals surface area (Å²) in [5, 5.41) is 0. The van der Waals surface area contributed by atoms with E-state index in [2.05, 4.69) is 51.8 Å². The Kier molecular flexibility index (Phi) is 36.6. The molecule has 0 saturated carbocycles. The zero-order valence-electron chi connectivity index (χ0n) is 35.7. The molecule has 7 nitrogen and oxygen atoms in total. The van der Waals surface area contributed by atoms with Crippen molar-refractivity contribution in [3.63, 3.8) is 0 Å². The molecular weight excluding hydrogens is 663 g/mol. The van der Waals surface area contributed by atoms with Crippen molar-refractivity contribution >= 4 is 17.9 Å². The molecule has 0 fully saturated rings. The normalized spacial score (nSPS) is 13.0. The van der Waals surface area contributed by atoms with Crippen molar-refractivity contribution < 1.29 is 28.6 Å². The Balaban J connectivity index is 4.44. The van der Waals surface area contributed by atoms with Crippen LogP contribution in [0.1, 0.15) is 202 Å². The first-order chi connectivity index (χ1) is 25.7. The lowest BCUT2D eigenvalue weighted by Gasteiger charge is -2.23. The Labute approximate surface area is 327 Å². The Morgan fingerprint density at radius 1 is 0.566 bits per heavy atom. The van der Waals surface area contributed by atoms with Crippen LogP contribution >= 0.6 is 0 Å². The van der Waals surface area contributed by atoms with Gasteiger partial charge in [-0.05, 0) is 103 Å². The van der Waals surface area contributed by atoms with Crippen LogP contribution in [0.15, 0.2) is 24.3 Å². The third-order valence-corrected chi connectivity index (χ3v) is 10.3. The van der Waals surface area contributed by atoms with Gasteiger partial charge in [-0.2, -0.15) is 0 Å². The fourth-order valence-electron chi connectivity index (χ4n) is 6.48. The number of unbranched alkanes of at least 4 members (excludes halogenated alkanes) is 16. The predicted molar refractivity (Wildman–Crippen MR) is 223 cm³/mol. The first-order valence-corrected chi connectivity index (χ1v) is 22.2. The molecule has 0 saturated heterocycles. The van der Waals surface area contributed by atoms with Gasteiger partial charge in [-0.1, -0.05) is 136 Å². The van der Waals surface area contributed by atoms with E-state index in [1.54, 1.807) is 0 Å². The zero-order valence-corrected chi connectivity index (χ0v) is 35.7. The van der Waals surface area contributed by atoms with Gasteiger partial charge in [-0.3, -0.25) is 14.4 Å². The predicted octanol–water partition coefficient (Wildman–Crippen LogP) is 12.5. The zero-order chi connectivity index (χ0) is 39.2. The van der Waals surface area contributed by atoms with Gasteiger partial charge in [0.2, 0.25) is 0 Å². The quantitative estimate of drug-likeness (QED) is 0.0269. The lowest BCUT2D eigenvalue weighted by molar-refractivity contribution is -0.155. The molecule has 0 N–H and O–H groups in total. The molecule has 0 aromatic rings. The molecule has 0 rings (SSSR count). The molecule has 0 heterocycles. The third-order valence-electron chi connectivity index (χ3n) is 10.3. The second-order valence-electron chi connectivity index (χ2n) is 15.6. The summed E-state index contributed by atoms with van der Waals surface area (Å²) in [5.74, 6) is 0.115. The molecule has 0 spiro atoms. The van der Waals surface area contributed by atoms with Crippen molar-refractivity contribution in [2.24, 2.45) is 11.8 Å². The summed E-state index contributed by atoms with van der Waals surface area (Å²) in [5.41, 5.74) is 0. The van der Waals surface area contributed by atoms with Crippen LogP contribution in [-0.2, 0) is 28.6 Å². The van der Waals surface area contributed by atoms with E-state index in [-0.39, 0.29) is 29.9 Å². The van der Waals surface area contributed by atoms with E-state index >= 15 is 0 Å². The fraction of sp³-hybridized carbons (Fsp3) is 0.848. The minimum absolute atomic E-state index is 0.0455. The van der Waals surface area contributed by atoms with Crippen LogP contribution in [0.5, 0.6) is 0 Å². The average Bonchev–Trinajstić information content (AvgIpc) is 3.14. The third kappa shape index (κ3) is 35.3. The summed E-state index contributed by atoms with van der Waals surface area (Å²) in [6.07, 6.45) is 35.0. The van der Waals surface area contributed by atoms with Crippen LogP contribution in [0.3, 0.4) is 0 Å². The highest BCUT2D eigenvalue weighted by Crippen LogP contribution is 2.22.